The molecule has 1 aromatic rings. The lowest BCUT2D eigenvalue weighted by molar-refractivity contribution is -0.121. The van der Waals surface area contributed by atoms with Crippen molar-refractivity contribution in [2.75, 3.05) is 13.2 Å². The van der Waals surface area contributed by atoms with E-state index in [0.29, 0.717) is 19.4 Å². The lowest BCUT2D eigenvalue weighted by atomic mass is 10.1. The topological polar surface area (TPSA) is 49.3 Å². The fourth-order valence-corrected chi connectivity index (χ4v) is 1.63. The number of aryl methyl sites for hydroxylation is 1. The fraction of sp³-hybridized carbons (Fsp3) is 0.462. The number of amides is 1. The van der Waals surface area contributed by atoms with Gasteiger partial charge in [0.05, 0.1) is 0 Å². The van der Waals surface area contributed by atoms with Crippen LogP contribution in [0.25, 0.3) is 0 Å². The van der Waals surface area contributed by atoms with Crippen LogP contribution in [0.4, 0.5) is 0 Å². The summed E-state index contributed by atoms with van der Waals surface area (Å²) in [7, 11) is 0. The van der Waals surface area contributed by atoms with Crippen LogP contribution in [0, 0.1) is 0 Å². The maximum atomic E-state index is 11.3. The number of hydrogen-bond donors (Lipinski definition) is 2. The first kappa shape index (κ1) is 14.0. The van der Waals surface area contributed by atoms with Crippen molar-refractivity contribution in [3.05, 3.63) is 34.9 Å². The summed E-state index contributed by atoms with van der Waals surface area (Å²) in [5, 5.41) is 12.1. The second-order valence-corrected chi connectivity index (χ2v) is 4.34. The summed E-state index contributed by atoms with van der Waals surface area (Å²) >= 11 is 5.78. The molecule has 4 heteroatoms. The molecule has 0 heterocycles. The first-order chi connectivity index (χ1) is 8.22. The summed E-state index contributed by atoms with van der Waals surface area (Å²) < 4.78 is 0. The van der Waals surface area contributed by atoms with E-state index in [4.69, 9.17) is 16.7 Å². The number of carbonyl (C=O) groups is 1. The van der Waals surface area contributed by atoms with Crippen LogP contribution in [0.2, 0.25) is 5.02 Å². The van der Waals surface area contributed by atoms with E-state index in [1.165, 1.54) is 5.56 Å². The second-order valence-electron chi connectivity index (χ2n) is 3.91. The normalized spacial score (nSPS) is 10.2. The van der Waals surface area contributed by atoms with Crippen molar-refractivity contribution >= 4 is 17.5 Å². The van der Waals surface area contributed by atoms with Crippen molar-refractivity contribution < 1.29 is 9.90 Å². The molecule has 0 bridgehead atoms. The van der Waals surface area contributed by atoms with Crippen LogP contribution in [-0.2, 0) is 11.2 Å². The minimum atomic E-state index is 0.0485. The van der Waals surface area contributed by atoms with Crippen molar-refractivity contribution in [2.24, 2.45) is 0 Å². The van der Waals surface area contributed by atoms with Gasteiger partial charge in [-0.05, 0) is 37.0 Å². The van der Waals surface area contributed by atoms with E-state index in [1.807, 2.05) is 24.3 Å². The Balaban J connectivity index is 2.14. The third-order valence-corrected chi connectivity index (χ3v) is 2.69. The molecule has 17 heavy (non-hydrogen) atoms. The van der Waals surface area contributed by atoms with Gasteiger partial charge in [-0.1, -0.05) is 23.7 Å². The summed E-state index contributed by atoms with van der Waals surface area (Å²) in [5.74, 6) is 0.0485. The van der Waals surface area contributed by atoms with E-state index in [-0.39, 0.29) is 12.5 Å². The lowest BCUT2D eigenvalue weighted by Crippen LogP contribution is -2.24. The van der Waals surface area contributed by atoms with Gasteiger partial charge in [0.1, 0.15) is 0 Å². The van der Waals surface area contributed by atoms with Gasteiger partial charge < -0.3 is 10.4 Å². The van der Waals surface area contributed by atoms with Gasteiger partial charge in [-0.2, -0.15) is 0 Å². The fourth-order valence-electron chi connectivity index (χ4n) is 1.50. The molecular formula is C13H18ClNO2. The Bertz CT molecular complexity index is 338. The number of nitrogens with one attached hydrogen (secondary N) is 1. The summed E-state index contributed by atoms with van der Waals surface area (Å²) in [6, 6.07) is 7.68. The van der Waals surface area contributed by atoms with E-state index >= 15 is 0 Å². The van der Waals surface area contributed by atoms with Gasteiger partial charge in [0.15, 0.2) is 0 Å². The molecule has 0 spiro atoms. The molecular weight excluding hydrogens is 238 g/mol. The van der Waals surface area contributed by atoms with Gasteiger partial charge in [0.25, 0.3) is 0 Å². The van der Waals surface area contributed by atoms with E-state index in [2.05, 4.69) is 5.32 Å². The first-order valence-corrected chi connectivity index (χ1v) is 6.22. The average Bonchev–Trinajstić information content (AvgIpc) is 2.32. The molecule has 0 radical (unpaired) electrons. The predicted octanol–water partition coefficient (Wildman–Crippen LogP) is 2.16. The van der Waals surface area contributed by atoms with Gasteiger partial charge in [-0.3, -0.25) is 4.79 Å². The van der Waals surface area contributed by atoms with Crippen LogP contribution >= 0.6 is 11.6 Å². The Hall–Kier alpha value is -1.06. The minimum absolute atomic E-state index is 0.0485. The quantitative estimate of drug-likeness (QED) is 0.734. The molecule has 0 aliphatic carbocycles. The smallest absolute Gasteiger partial charge is 0.220 e. The number of benzene rings is 1. The highest BCUT2D eigenvalue weighted by molar-refractivity contribution is 6.30. The predicted molar refractivity (Wildman–Crippen MR) is 69.1 cm³/mol. The number of halogens is 1. The van der Waals surface area contributed by atoms with Crippen molar-refractivity contribution in [1.29, 1.82) is 0 Å². The maximum Gasteiger partial charge on any atom is 0.220 e. The second kappa shape index (κ2) is 8.09. The Morgan fingerprint density at radius 3 is 2.59 bits per heavy atom. The van der Waals surface area contributed by atoms with Crippen molar-refractivity contribution in [3.63, 3.8) is 0 Å². The molecule has 0 atom stereocenters. The monoisotopic (exact) mass is 255 g/mol. The number of carbonyl (C=O) groups excluding carboxylic acids is 1. The molecule has 0 aliphatic rings. The highest BCUT2D eigenvalue weighted by Crippen LogP contribution is 2.11. The molecule has 0 unspecified atom stereocenters. The number of hydrogen-bond acceptors (Lipinski definition) is 2. The van der Waals surface area contributed by atoms with E-state index in [9.17, 15) is 4.79 Å². The highest BCUT2D eigenvalue weighted by atomic mass is 35.5. The van der Waals surface area contributed by atoms with Crippen molar-refractivity contribution in [2.45, 2.75) is 25.7 Å². The molecule has 0 saturated heterocycles. The van der Waals surface area contributed by atoms with Crippen LogP contribution in [0.15, 0.2) is 24.3 Å². The van der Waals surface area contributed by atoms with Gasteiger partial charge in [-0.15, -0.1) is 0 Å². The highest BCUT2D eigenvalue weighted by Gasteiger charge is 2.00. The van der Waals surface area contributed by atoms with Gasteiger partial charge >= 0.3 is 0 Å². The van der Waals surface area contributed by atoms with Gasteiger partial charge in [-0.25, -0.2) is 0 Å². The molecule has 0 aliphatic heterocycles. The number of aliphatic hydroxyl groups excluding tert-OH is 1. The molecule has 3 nitrogen and oxygen atoms in total. The Labute approximate surface area is 107 Å². The third-order valence-electron chi connectivity index (χ3n) is 2.44. The SMILES string of the molecule is O=C(CCCc1ccc(Cl)cc1)NCCCO. The van der Waals surface area contributed by atoms with E-state index in [1.54, 1.807) is 0 Å². The van der Waals surface area contributed by atoms with Crippen LogP contribution in [0.3, 0.4) is 0 Å². The molecule has 0 saturated carbocycles. The molecule has 2 N–H and O–H groups in total. The largest absolute Gasteiger partial charge is 0.396 e. The number of aliphatic hydroxyl groups is 1. The van der Waals surface area contributed by atoms with Crippen LogP contribution in [0.1, 0.15) is 24.8 Å². The molecule has 0 aromatic heterocycles. The first-order valence-electron chi connectivity index (χ1n) is 5.84. The van der Waals surface area contributed by atoms with Crippen LogP contribution < -0.4 is 5.32 Å². The zero-order valence-electron chi connectivity index (χ0n) is 9.79. The van der Waals surface area contributed by atoms with E-state index < -0.39 is 0 Å². The molecule has 1 amide bonds. The van der Waals surface area contributed by atoms with Crippen LogP contribution in [-0.4, -0.2) is 24.2 Å². The summed E-state index contributed by atoms with van der Waals surface area (Å²) in [4.78, 5) is 11.3. The van der Waals surface area contributed by atoms with Gasteiger partial charge in [0, 0.05) is 24.6 Å². The minimum Gasteiger partial charge on any atom is -0.396 e. The molecule has 1 aromatic carbocycles. The maximum absolute atomic E-state index is 11.3. The van der Waals surface area contributed by atoms with Crippen molar-refractivity contribution in [1.82, 2.24) is 5.32 Å². The number of rotatable bonds is 7. The van der Waals surface area contributed by atoms with Crippen molar-refractivity contribution in [3.8, 4) is 0 Å². The molecule has 0 fully saturated rings. The zero-order valence-corrected chi connectivity index (χ0v) is 10.5. The summed E-state index contributed by atoms with van der Waals surface area (Å²) in [6.45, 7) is 0.668. The standard InChI is InChI=1S/C13H18ClNO2/c14-12-7-5-11(6-8-12)3-1-4-13(17)15-9-2-10-16/h5-8,16H,1-4,9-10H2,(H,15,17). The summed E-state index contributed by atoms with van der Waals surface area (Å²) in [5.41, 5.74) is 1.19. The van der Waals surface area contributed by atoms with Gasteiger partial charge in [0.2, 0.25) is 5.91 Å². The summed E-state index contributed by atoms with van der Waals surface area (Å²) in [6.07, 6.45) is 2.84. The Morgan fingerprint density at radius 2 is 1.94 bits per heavy atom. The third kappa shape index (κ3) is 6.29. The zero-order chi connectivity index (χ0) is 12.5. The van der Waals surface area contributed by atoms with E-state index in [0.717, 1.165) is 17.9 Å². The average molecular weight is 256 g/mol. The lowest BCUT2D eigenvalue weighted by Gasteiger charge is -2.04. The molecule has 1 rings (SSSR count). The molecule has 94 valence electrons. The van der Waals surface area contributed by atoms with Crippen LogP contribution in [0.5, 0.6) is 0 Å². The Kier molecular flexibility index (Phi) is 6.67. The Morgan fingerprint density at radius 1 is 1.24 bits per heavy atom.